The normalized spacial score (nSPS) is 23.8. The van der Waals surface area contributed by atoms with Crippen LogP contribution in [-0.2, 0) is 6.42 Å². The number of hydrogen-bond donors (Lipinski definition) is 1. The fraction of sp³-hybridized carbons (Fsp3) is 0.667. The zero-order chi connectivity index (χ0) is 10.8. The van der Waals surface area contributed by atoms with Crippen LogP contribution < -0.4 is 0 Å². The maximum atomic E-state index is 9.30. The summed E-state index contributed by atoms with van der Waals surface area (Å²) in [5.74, 6) is 0. The minimum atomic E-state index is -0.180. The van der Waals surface area contributed by atoms with Crippen LogP contribution >= 0.6 is 11.3 Å². The SMILES string of the molecule is CC(O)CCN1CCc2sccc2C1C. The summed E-state index contributed by atoms with van der Waals surface area (Å²) in [6, 6.07) is 2.78. The molecular weight excluding hydrogens is 206 g/mol. The molecule has 0 spiro atoms. The molecular formula is C12H19NOS. The predicted octanol–water partition coefficient (Wildman–Crippen LogP) is 2.44. The molecule has 1 aromatic heterocycles. The first-order valence-corrected chi connectivity index (χ1v) is 6.55. The lowest BCUT2D eigenvalue weighted by atomic mass is 10.0. The van der Waals surface area contributed by atoms with E-state index in [0.29, 0.717) is 6.04 Å². The molecule has 0 aliphatic carbocycles. The van der Waals surface area contributed by atoms with Crippen molar-refractivity contribution in [1.29, 1.82) is 0 Å². The molecule has 15 heavy (non-hydrogen) atoms. The lowest BCUT2D eigenvalue weighted by Crippen LogP contribution is -2.34. The molecule has 3 heteroatoms. The predicted molar refractivity (Wildman–Crippen MR) is 64.3 cm³/mol. The van der Waals surface area contributed by atoms with Gasteiger partial charge in [0.1, 0.15) is 0 Å². The van der Waals surface area contributed by atoms with Crippen molar-refractivity contribution < 1.29 is 5.11 Å². The zero-order valence-electron chi connectivity index (χ0n) is 9.44. The molecule has 2 nitrogen and oxygen atoms in total. The molecule has 0 saturated carbocycles. The van der Waals surface area contributed by atoms with Crippen LogP contribution in [0.15, 0.2) is 11.4 Å². The molecule has 0 fully saturated rings. The van der Waals surface area contributed by atoms with Crippen molar-refractivity contribution in [2.24, 2.45) is 0 Å². The van der Waals surface area contributed by atoms with Gasteiger partial charge >= 0.3 is 0 Å². The van der Waals surface area contributed by atoms with Crippen molar-refractivity contribution in [2.75, 3.05) is 13.1 Å². The topological polar surface area (TPSA) is 23.5 Å². The van der Waals surface area contributed by atoms with Crippen molar-refractivity contribution in [3.8, 4) is 0 Å². The fourth-order valence-corrected chi connectivity index (χ4v) is 3.18. The Bertz CT molecular complexity index is 321. The van der Waals surface area contributed by atoms with Crippen molar-refractivity contribution in [3.63, 3.8) is 0 Å². The van der Waals surface area contributed by atoms with E-state index < -0.39 is 0 Å². The van der Waals surface area contributed by atoms with Gasteiger partial charge in [-0.05, 0) is 43.7 Å². The van der Waals surface area contributed by atoms with Crippen LogP contribution in [0.2, 0.25) is 0 Å². The van der Waals surface area contributed by atoms with Crippen LogP contribution in [0.4, 0.5) is 0 Å². The third-order valence-corrected chi connectivity index (χ3v) is 4.23. The van der Waals surface area contributed by atoms with Gasteiger partial charge in [0.2, 0.25) is 0 Å². The van der Waals surface area contributed by atoms with E-state index >= 15 is 0 Å². The lowest BCUT2D eigenvalue weighted by molar-refractivity contribution is 0.134. The standard InChI is InChI=1S/C12H19NOS/c1-9(14)3-6-13-7-4-12-11(10(13)2)5-8-15-12/h5,8-10,14H,3-4,6-7H2,1-2H3. The summed E-state index contributed by atoms with van der Waals surface area (Å²) in [7, 11) is 0. The summed E-state index contributed by atoms with van der Waals surface area (Å²) in [6.07, 6.45) is 1.88. The van der Waals surface area contributed by atoms with Gasteiger partial charge in [0.25, 0.3) is 0 Å². The fourth-order valence-electron chi connectivity index (χ4n) is 2.22. The van der Waals surface area contributed by atoms with Gasteiger partial charge in [-0.1, -0.05) is 0 Å². The quantitative estimate of drug-likeness (QED) is 0.854. The molecule has 0 saturated heterocycles. The van der Waals surface area contributed by atoms with Gasteiger partial charge in [0.15, 0.2) is 0 Å². The molecule has 1 aliphatic heterocycles. The molecule has 0 aromatic carbocycles. The maximum absolute atomic E-state index is 9.30. The van der Waals surface area contributed by atoms with Crippen LogP contribution in [0.3, 0.4) is 0 Å². The van der Waals surface area contributed by atoms with Gasteiger partial charge < -0.3 is 5.11 Å². The highest BCUT2D eigenvalue weighted by Gasteiger charge is 2.24. The summed E-state index contributed by atoms with van der Waals surface area (Å²) < 4.78 is 0. The van der Waals surface area contributed by atoms with E-state index in [9.17, 15) is 5.11 Å². The number of aliphatic hydroxyl groups excluding tert-OH is 1. The molecule has 2 rings (SSSR count). The Labute approximate surface area is 95.5 Å². The third kappa shape index (κ3) is 2.41. The van der Waals surface area contributed by atoms with Gasteiger partial charge in [-0.2, -0.15) is 0 Å². The van der Waals surface area contributed by atoms with Crippen LogP contribution in [0.1, 0.15) is 36.8 Å². The first kappa shape index (κ1) is 11.1. The van der Waals surface area contributed by atoms with Crippen LogP contribution in [0.25, 0.3) is 0 Å². The Kier molecular flexibility index (Phi) is 3.44. The number of rotatable bonds is 3. The van der Waals surface area contributed by atoms with Gasteiger partial charge in [-0.3, -0.25) is 4.90 Å². The summed E-state index contributed by atoms with van der Waals surface area (Å²) in [4.78, 5) is 4.03. The Morgan fingerprint density at radius 2 is 2.47 bits per heavy atom. The largest absolute Gasteiger partial charge is 0.393 e. The van der Waals surface area contributed by atoms with E-state index in [2.05, 4.69) is 23.3 Å². The van der Waals surface area contributed by atoms with E-state index in [1.807, 2.05) is 18.3 Å². The average molecular weight is 225 g/mol. The van der Waals surface area contributed by atoms with E-state index in [4.69, 9.17) is 0 Å². The lowest BCUT2D eigenvalue weighted by Gasteiger charge is -2.33. The Hall–Kier alpha value is -0.380. The highest BCUT2D eigenvalue weighted by Crippen LogP contribution is 2.32. The first-order valence-electron chi connectivity index (χ1n) is 5.67. The summed E-state index contributed by atoms with van der Waals surface area (Å²) in [6.45, 7) is 6.28. The van der Waals surface area contributed by atoms with E-state index in [1.54, 1.807) is 4.88 Å². The number of nitrogens with zero attached hydrogens (tertiary/aromatic N) is 1. The Morgan fingerprint density at radius 1 is 1.67 bits per heavy atom. The minimum Gasteiger partial charge on any atom is -0.393 e. The number of fused-ring (bicyclic) bond motifs is 1. The van der Waals surface area contributed by atoms with Crippen molar-refractivity contribution in [3.05, 3.63) is 21.9 Å². The zero-order valence-corrected chi connectivity index (χ0v) is 10.3. The van der Waals surface area contributed by atoms with Crippen molar-refractivity contribution >= 4 is 11.3 Å². The Balaban J connectivity index is 2.00. The second-order valence-electron chi connectivity index (χ2n) is 4.40. The van der Waals surface area contributed by atoms with E-state index in [-0.39, 0.29) is 6.10 Å². The number of thiophene rings is 1. The molecule has 0 radical (unpaired) electrons. The van der Waals surface area contributed by atoms with Gasteiger partial charge in [0.05, 0.1) is 6.10 Å². The molecule has 1 aromatic rings. The van der Waals surface area contributed by atoms with Gasteiger partial charge in [0, 0.05) is 24.0 Å². The van der Waals surface area contributed by atoms with Gasteiger partial charge in [-0.15, -0.1) is 11.3 Å². The number of hydrogen-bond acceptors (Lipinski definition) is 3. The molecule has 0 bridgehead atoms. The first-order chi connectivity index (χ1) is 7.18. The highest BCUT2D eigenvalue weighted by molar-refractivity contribution is 7.10. The molecule has 2 heterocycles. The summed E-state index contributed by atoms with van der Waals surface area (Å²) in [5.41, 5.74) is 1.50. The van der Waals surface area contributed by atoms with Crippen molar-refractivity contribution in [1.82, 2.24) is 4.90 Å². The highest BCUT2D eigenvalue weighted by atomic mass is 32.1. The monoisotopic (exact) mass is 225 g/mol. The average Bonchev–Trinajstić information content (AvgIpc) is 2.65. The van der Waals surface area contributed by atoms with Crippen molar-refractivity contribution in [2.45, 2.75) is 38.8 Å². The molecule has 0 amide bonds. The van der Waals surface area contributed by atoms with Crippen LogP contribution in [-0.4, -0.2) is 29.2 Å². The molecule has 2 atom stereocenters. The van der Waals surface area contributed by atoms with E-state index in [1.165, 1.54) is 12.0 Å². The van der Waals surface area contributed by atoms with Crippen LogP contribution in [0, 0.1) is 0 Å². The third-order valence-electron chi connectivity index (χ3n) is 3.24. The van der Waals surface area contributed by atoms with Gasteiger partial charge in [-0.25, -0.2) is 0 Å². The summed E-state index contributed by atoms with van der Waals surface area (Å²) in [5, 5.41) is 11.5. The maximum Gasteiger partial charge on any atom is 0.0524 e. The smallest absolute Gasteiger partial charge is 0.0524 e. The van der Waals surface area contributed by atoms with Crippen LogP contribution in [0.5, 0.6) is 0 Å². The molecule has 1 N–H and O–H groups in total. The second kappa shape index (κ2) is 4.64. The number of aliphatic hydroxyl groups is 1. The second-order valence-corrected chi connectivity index (χ2v) is 5.40. The molecule has 1 aliphatic rings. The summed E-state index contributed by atoms with van der Waals surface area (Å²) >= 11 is 1.88. The minimum absolute atomic E-state index is 0.180. The van der Waals surface area contributed by atoms with E-state index in [0.717, 1.165) is 19.5 Å². The Morgan fingerprint density at radius 3 is 3.20 bits per heavy atom. The molecule has 2 unspecified atom stereocenters. The molecule has 84 valence electrons.